The number of nitrogens with one attached hydrogen (secondary N) is 1. The zero-order valence-electron chi connectivity index (χ0n) is 14.1. The summed E-state index contributed by atoms with van der Waals surface area (Å²) in [6.07, 6.45) is 1.96. The molecule has 9 heteroatoms. The maximum atomic E-state index is 12.7. The van der Waals surface area contributed by atoms with Crippen LogP contribution in [0.3, 0.4) is 0 Å². The summed E-state index contributed by atoms with van der Waals surface area (Å²) in [4.78, 5) is 32.4. The Bertz CT molecular complexity index is 762. The summed E-state index contributed by atoms with van der Waals surface area (Å²) in [5, 5.41) is 5.61. The number of piperazine rings is 1. The van der Waals surface area contributed by atoms with Crippen molar-refractivity contribution >= 4 is 44.3 Å². The zero-order valence-corrected chi connectivity index (χ0v) is 16.5. The summed E-state index contributed by atoms with van der Waals surface area (Å²) in [5.41, 5.74) is 6.14. The summed E-state index contributed by atoms with van der Waals surface area (Å²) >= 11 is 5.02. The number of thiazole rings is 1. The Morgan fingerprint density at radius 1 is 1.31 bits per heavy atom. The average Bonchev–Trinajstić information content (AvgIpc) is 3.15. The van der Waals surface area contributed by atoms with Gasteiger partial charge in [-0.25, -0.2) is 9.78 Å². The number of nitrogens with zero attached hydrogens (tertiary/aromatic N) is 3. The standard InChI is InChI=1S/C17H20BrN5O2S/c18-13-3-1-2-12(10-13)14(21-16(19)25)11-15(24)22-5-7-23(8-6-22)17-20-4-9-26-17/h1-4,9-10,14H,5-8,11H2,(H3,19,21,25)/t14-/m1/s1. The lowest BCUT2D eigenvalue weighted by Crippen LogP contribution is -2.49. The monoisotopic (exact) mass is 437 g/mol. The number of carbonyl (C=O) groups excluding carboxylic acids is 2. The number of nitrogens with two attached hydrogens (primary N) is 1. The molecule has 0 bridgehead atoms. The molecule has 2 heterocycles. The molecule has 3 amide bonds. The maximum absolute atomic E-state index is 12.7. The Labute approximate surface area is 164 Å². The second-order valence-electron chi connectivity index (χ2n) is 6.00. The minimum absolute atomic E-state index is 0.00233. The third-order valence-electron chi connectivity index (χ3n) is 4.27. The van der Waals surface area contributed by atoms with E-state index in [9.17, 15) is 9.59 Å². The van der Waals surface area contributed by atoms with E-state index in [-0.39, 0.29) is 12.3 Å². The van der Waals surface area contributed by atoms with Crippen LogP contribution in [-0.2, 0) is 4.79 Å². The van der Waals surface area contributed by atoms with Gasteiger partial charge in [0.05, 0.1) is 12.5 Å². The van der Waals surface area contributed by atoms with Crippen LogP contribution in [0.2, 0.25) is 0 Å². The van der Waals surface area contributed by atoms with E-state index in [1.165, 1.54) is 0 Å². The molecule has 7 nitrogen and oxygen atoms in total. The highest BCUT2D eigenvalue weighted by molar-refractivity contribution is 9.10. The highest BCUT2D eigenvalue weighted by Crippen LogP contribution is 2.23. The van der Waals surface area contributed by atoms with Crippen LogP contribution in [0.4, 0.5) is 9.93 Å². The van der Waals surface area contributed by atoms with Gasteiger partial charge in [-0.3, -0.25) is 4.79 Å². The second kappa shape index (κ2) is 8.50. The number of amides is 3. The van der Waals surface area contributed by atoms with E-state index in [4.69, 9.17) is 5.73 Å². The van der Waals surface area contributed by atoms with Crippen molar-refractivity contribution in [3.8, 4) is 0 Å². The van der Waals surface area contributed by atoms with Crippen molar-refractivity contribution in [1.82, 2.24) is 15.2 Å². The Morgan fingerprint density at radius 2 is 2.08 bits per heavy atom. The number of halogens is 1. The molecule has 26 heavy (non-hydrogen) atoms. The molecule has 1 aliphatic rings. The molecular formula is C17H20BrN5O2S. The summed E-state index contributed by atoms with van der Waals surface area (Å²) < 4.78 is 0.885. The highest BCUT2D eigenvalue weighted by Gasteiger charge is 2.25. The topological polar surface area (TPSA) is 91.6 Å². The van der Waals surface area contributed by atoms with Crippen LogP contribution in [0.5, 0.6) is 0 Å². The third kappa shape index (κ3) is 4.73. The number of urea groups is 1. The van der Waals surface area contributed by atoms with Gasteiger partial charge >= 0.3 is 6.03 Å². The minimum Gasteiger partial charge on any atom is -0.352 e. The molecule has 0 saturated carbocycles. The van der Waals surface area contributed by atoms with Crippen LogP contribution >= 0.6 is 27.3 Å². The molecule has 0 unspecified atom stereocenters. The summed E-state index contributed by atoms with van der Waals surface area (Å²) in [7, 11) is 0. The lowest BCUT2D eigenvalue weighted by atomic mass is 10.0. The Morgan fingerprint density at radius 3 is 2.69 bits per heavy atom. The molecular weight excluding hydrogens is 418 g/mol. The van der Waals surface area contributed by atoms with Gasteiger partial charge in [0, 0.05) is 42.2 Å². The molecule has 1 atom stereocenters. The quantitative estimate of drug-likeness (QED) is 0.750. The summed E-state index contributed by atoms with van der Waals surface area (Å²) in [6, 6.07) is 6.43. The van der Waals surface area contributed by atoms with Gasteiger partial charge in [-0.2, -0.15) is 0 Å². The molecule has 2 aromatic rings. The SMILES string of the molecule is NC(=O)N[C@H](CC(=O)N1CCN(c2nccs2)CC1)c1cccc(Br)c1. The first kappa shape index (κ1) is 18.7. The molecule has 3 N–H and O–H groups in total. The van der Waals surface area contributed by atoms with E-state index in [1.807, 2.05) is 34.5 Å². The van der Waals surface area contributed by atoms with Crippen molar-refractivity contribution < 1.29 is 9.59 Å². The Kier molecular flexibility index (Phi) is 6.10. The number of aromatic nitrogens is 1. The van der Waals surface area contributed by atoms with E-state index >= 15 is 0 Å². The fourth-order valence-electron chi connectivity index (χ4n) is 2.97. The molecule has 0 spiro atoms. The highest BCUT2D eigenvalue weighted by atomic mass is 79.9. The van der Waals surface area contributed by atoms with E-state index in [2.05, 4.69) is 31.1 Å². The van der Waals surface area contributed by atoms with Crippen LogP contribution in [0.15, 0.2) is 40.3 Å². The smallest absolute Gasteiger partial charge is 0.312 e. The van der Waals surface area contributed by atoms with Crippen molar-refractivity contribution in [2.45, 2.75) is 12.5 Å². The summed E-state index contributed by atoms with van der Waals surface area (Å²) in [5.74, 6) is 0.00233. The van der Waals surface area contributed by atoms with Crippen LogP contribution < -0.4 is 16.0 Å². The molecule has 1 aromatic heterocycles. The lowest BCUT2D eigenvalue weighted by Gasteiger charge is -2.35. The van der Waals surface area contributed by atoms with E-state index in [0.29, 0.717) is 13.1 Å². The molecule has 1 saturated heterocycles. The lowest BCUT2D eigenvalue weighted by molar-refractivity contribution is -0.132. The van der Waals surface area contributed by atoms with Gasteiger partial charge in [0.1, 0.15) is 0 Å². The maximum Gasteiger partial charge on any atom is 0.312 e. The number of carbonyl (C=O) groups is 2. The van der Waals surface area contributed by atoms with Gasteiger partial charge < -0.3 is 20.9 Å². The van der Waals surface area contributed by atoms with Crippen molar-refractivity contribution in [2.75, 3.05) is 31.1 Å². The van der Waals surface area contributed by atoms with Crippen molar-refractivity contribution in [3.05, 3.63) is 45.9 Å². The molecule has 0 aliphatic carbocycles. The zero-order chi connectivity index (χ0) is 18.5. The Balaban J connectivity index is 1.62. The molecule has 138 valence electrons. The fourth-order valence-corrected chi connectivity index (χ4v) is 4.08. The number of benzene rings is 1. The van der Waals surface area contributed by atoms with Gasteiger partial charge in [0.15, 0.2) is 5.13 Å². The van der Waals surface area contributed by atoms with Gasteiger partial charge in [-0.1, -0.05) is 28.1 Å². The third-order valence-corrected chi connectivity index (χ3v) is 5.59. The van der Waals surface area contributed by atoms with Gasteiger partial charge in [0.2, 0.25) is 5.91 Å². The van der Waals surface area contributed by atoms with Crippen molar-refractivity contribution in [1.29, 1.82) is 0 Å². The second-order valence-corrected chi connectivity index (χ2v) is 7.79. The molecule has 0 radical (unpaired) electrons. The Hall–Kier alpha value is -2.13. The van der Waals surface area contributed by atoms with Crippen LogP contribution in [-0.4, -0.2) is 48.0 Å². The number of hydrogen-bond acceptors (Lipinski definition) is 5. The van der Waals surface area contributed by atoms with Gasteiger partial charge in [-0.15, -0.1) is 11.3 Å². The first-order valence-corrected chi connectivity index (χ1v) is 9.94. The average molecular weight is 438 g/mol. The number of anilines is 1. The largest absolute Gasteiger partial charge is 0.352 e. The van der Waals surface area contributed by atoms with E-state index < -0.39 is 12.1 Å². The van der Waals surface area contributed by atoms with Gasteiger partial charge in [-0.05, 0) is 17.7 Å². The first-order chi connectivity index (χ1) is 12.5. The number of rotatable bonds is 5. The fraction of sp³-hybridized carbons (Fsp3) is 0.353. The first-order valence-electron chi connectivity index (χ1n) is 8.26. The van der Waals surface area contributed by atoms with E-state index in [1.54, 1.807) is 17.5 Å². The van der Waals surface area contributed by atoms with E-state index in [0.717, 1.165) is 28.3 Å². The minimum atomic E-state index is -0.642. The molecule has 1 fully saturated rings. The van der Waals surface area contributed by atoms with Gasteiger partial charge in [0.25, 0.3) is 0 Å². The summed E-state index contributed by atoms with van der Waals surface area (Å²) in [6.45, 7) is 2.79. The van der Waals surface area contributed by atoms with Crippen molar-refractivity contribution in [3.63, 3.8) is 0 Å². The van der Waals surface area contributed by atoms with Crippen molar-refractivity contribution in [2.24, 2.45) is 5.73 Å². The normalized spacial score (nSPS) is 15.6. The predicted molar refractivity (Wildman–Crippen MR) is 105 cm³/mol. The molecule has 1 aromatic carbocycles. The van der Waals surface area contributed by atoms with Crippen LogP contribution in [0.25, 0.3) is 0 Å². The number of hydrogen-bond donors (Lipinski definition) is 2. The number of primary amides is 1. The van der Waals surface area contributed by atoms with Crippen LogP contribution in [0, 0.1) is 0 Å². The van der Waals surface area contributed by atoms with Crippen LogP contribution in [0.1, 0.15) is 18.0 Å². The predicted octanol–water partition coefficient (Wildman–Crippen LogP) is 2.35. The molecule has 1 aliphatic heterocycles. The molecule has 3 rings (SSSR count).